The zero-order chi connectivity index (χ0) is 14.7. The number of nitrogens with one attached hydrogen (secondary N) is 1. The van der Waals surface area contributed by atoms with E-state index >= 15 is 0 Å². The number of piperidine rings is 2. The average molecular weight is 289 g/mol. The van der Waals surface area contributed by atoms with Crippen LogP contribution in [0.1, 0.15) is 37.7 Å². The molecule has 5 heteroatoms. The van der Waals surface area contributed by atoms with Gasteiger partial charge in [0.1, 0.15) is 5.82 Å². The lowest BCUT2D eigenvalue weighted by Crippen LogP contribution is -2.47. The number of rotatable bonds is 3. The van der Waals surface area contributed by atoms with Crippen LogP contribution in [0.4, 0.5) is 11.8 Å². The maximum Gasteiger partial charge on any atom is 0.224 e. The van der Waals surface area contributed by atoms with E-state index in [2.05, 4.69) is 32.0 Å². The Morgan fingerprint density at radius 1 is 1.10 bits per heavy atom. The molecule has 0 unspecified atom stereocenters. The number of aryl methyl sites for hydroxylation is 1. The summed E-state index contributed by atoms with van der Waals surface area (Å²) in [5.74, 6) is 1.82. The molecule has 0 aromatic carbocycles. The molecule has 5 nitrogen and oxygen atoms in total. The first kappa shape index (κ1) is 14.6. The summed E-state index contributed by atoms with van der Waals surface area (Å²) in [6, 6.07) is 0.785. The van der Waals surface area contributed by atoms with Crippen molar-refractivity contribution in [1.29, 1.82) is 0 Å². The van der Waals surface area contributed by atoms with E-state index in [9.17, 15) is 0 Å². The fourth-order valence-electron chi connectivity index (χ4n) is 3.60. The first-order valence-corrected chi connectivity index (χ1v) is 8.28. The van der Waals surface area contributed by atoms with Crippen LogP contribution in [-0.2, 0) is 0 Å². The van der Waals surface area contributed by atoms with Crippen LogP contribution in [0.5, 0.6) is 0 Å². The first-order valence-electron chi connectivity index (χ1n) is 8.28. The zero-order valence-electron chi connectivity index (χ0n) is 13.3. The largest absolute Gasteiger partial charge is 0.357 e. The smallest absolute Gasteiger partial charge is 0.224 e. The number of hydrogen-bond acceptors (Lipinski definition) is 5. The van der Waals surface area contributed by atoms with Crippen molar-refractivity contribution in [3.05, 3.63) is 11.8 Å². The molecular formula is C16H27N5. The van der Waals surface area contributed by atoms with Crippen molar-refractivity contribution in [3.8, 4) is 0 Å². The van der Waals surface area contributed by atoms with Gasteiger partial charge in [-0.2, -0.15) is 4.98 Å². The van der Waals surface area contributed by atoms with Crippen LogP contribution in [-0.4, -0.2) is 54.1 Å². The standard InChI is InChI=1S/C16H27N5/c1-13-12-18-16(17-2)19-15(13)21-10-6-14(7-11-21)20-8-4-3-5-9-20/h12,14H,3-11H2,1-2H3,(H,17,18,19). The molecule has 0 aliphatic carbocycles. The Hall–Kier alpha value is -1.36. The molecule has 0 amide bonds. The van der Waals surface area contributed by atoms with Crippen LogP contribution in [0, 0.1) is 6.92 Å². The molecule has 116 valence electrons. The molecule has 0 atom stereocenters. The van der Waals surface area contributed by atoms with Crippen LogP contribution in [0.3, 0.4) is 0 Å². The second-order valence-corrected chi connectivity index (χ2v) is 6.27. The summed E-state index contributed by atoms with van der Waals surface area (Å²) in [7, 11) is 1.87. The second-order valence-electron chi connectivity index (χ2n) is 6.27. The minimum atomic E-state index is 0.716. The third-order valence-corrected chi connectivity index (χ3v) is 4.84. The fourth-order valence-corrected chi connectivity index (χ4v) is 3.60. The van der Waals surface area contributed by atoms with Crippen molar-refractivity contribution in [1.82, 2.24) is 14.9 Å². The van der Waals surface area contributed by atoms with Gasteiger partial charge >= 0.3 is 0 Å². The molecule has 3 rings (SSSR count). The van der Waals surface area contributed by atoms with Crippen LogP contribution in [0.25, 0.3) is 0 Å². The number of nitrogens with zero attached hydrogens (tertiary/aromatic N) is 4. The summed E-state index contributed by atoms with van der Waals surface area (Å²) in [4.78, 5) is 14.1. The van der Waals surface area contributed by atoms with Gasteiger partial charge in [-0.3, -0.25) is 0 Å². The molecule has 3 heterocycles. The predicted molar refractivity (Wildman–Crippen MR) is 87.0 cm³/mol. The Morgan fingerprint density at radius 3 is 2.48 bits per heavy atom. The Labute approximate surface area is 127 Å². The number of hydrogen-bond donors (Lipinski definition) is 1. The normalized spacial score (nSPS) is 21.5. The molecule has 0 saturated carbocycles. The molecule has 0 bridgehead atoms. The quantitative estimate of drug-likeness (QED) is 0.925. The van der Waals surface area contributed by atoms with E-state index in [4.69, 9.17) is 0 Å². The maximum absolute atomic E-state index is 4.64. The van der Waals surface area contributed by atoms with Gasteiger partial charge < -0.3 is 15.1 Å². The summed E-state index contributed by atoms with van der Waals surface area (Å²) < 4.78 is 0. The molecule has 2 aliphatic heterocycles. The maximum atomic E-state index is 4.64. The van der Waals surface area contributed by atoms with Gasteiger partial charge in [-0.05, 0) is 45.7 Å². The van der Waals surface area contributed by atoms with Crippen LogP contribution in [0.15, 0.2) is 6.20 Å². The van der Waals surface area contributed by atoms with Gasteiger partial charge in [0.2, 0.25) is 5.95 Å². The molecule has 1 N–H and O–H groups in total. The highest BCUT2D eigenvalue weighted by atomic mass is 15.3. The van der Waals surface area contributed by atoms with Crippen molar-refractivity contribution >= 4 is 11.8 Å². The highest BCUT2D eigenvalue weighted by Crippen LogP contribution is 2.25. The third kappa shape index (κ3) is 3.28. The number of likely N-dealkylation sites (tertiary alicyclic amines) is 1. The minimum absolute atomic E-state index is 0.716. The molecule has 1 aromatic heterocycles. The Morgan fingerprint density at radius 2 is 1.81 bits per heavy atom. The van der Waals surface area contributed by atoms with Gasteiger partial charge in [0.15, 0.2) is 0 Å². The van der Waals surface area contributed by atoms with E-state index in [1.807, 2.05) is 13.2 Å². The Kier molecular flexibility index (Phi) is 4.58. The summed E-state index contributed by atoms with van der Waals surface area (Å²) in [6.45, 7) is 6.94. The number of anilines is 2. The van der Waals surface area contributed by atoms with Gasteiger partial charge in [0.05, 0.1) is 0 Å². The van der Waals surface area contributed by atoms with Gasteiger partial charge in [-0.15, -0.1) is 0 Å². The van der Waals surface area contributed by atoms with E-state index < -0.39 is 0 Å². The molecule has 0 radical (unpaired) electrons. The van der Waals surface area contributed by atoms with Crippen molar-refractivity contribution < 1.29 is 0 Å². The lowest BCUT2D eigenvalue weighted by molar-refractivity contribution is 0.141. The van der Waals surface area contributed by atoms with Gasteiger partial charge in [-0.25, -0.2) is 4.98 Å². The first-order chi connectivity index (χ1) is 10.3. The van der Waals surface area contributed by atoms with Gasteiger partial charge in [0, 0.05) is 37.9 Å². The van der Waals surface area contributed by atoms with E-state index in [0.717, 1.165) is 24.9 Å². The summed E-state index contributed by atoms with van der Waals surface area (Å²) in [5.41, 5.74) is 1.17. The molecule has 2 fully saturated rings. The molecule has 1 aromatic rings. The van der Waals surface area contributed by atoms with Gasteiger partial charge in [0.25, 0.3) is 0 Å². The van der Waals surface area contributed by atoms with E-state index in [1.165, 1.54) is 50.8 Å². The monoisotopic (exact) mass is 289 g/mol. The number of aromatic nitrogens is 2. The fraction of sp³-hybridized carbons (Fsp3) is 0.750. The topological polar surface area (TPSA) is 44.3 Å². The highest BCUT2D eigenvalue weighted by Gasteiger charge is 2.26. The lowest BCUT2D eigenvalue weighted by Gasteiger charge is -2.40. The molecule has 21 heavy (non-hydrogen) atoms. The SMILES string of the molecule is CNc1ncc(C)c(N2CCC(N3CCCCC3)CC2)n1. The van der Waals surface area contributed by atoms with Crippen molar-refractivity contribution in [3.63, 3.8) is 0 Å². The summed E-state index contributed by atoms with van der Waals surface area (Å²) in [6.07, 6.45) is 8.64. The molecule has 2 aliphatic rings. The predicted octanol–water partition coefficient (Wildman–Crippen LogP) is 2.28. The van der Waals surface area contributed by atoms with E-state index in [1.54, 1.807) is 0 Å². The third-order valence-electron chi connectivity index (χ3n) is 4.84. The second kappa shape index (κ2) is 6.60. The summed E-state index contributed by atoms with van der Waals surface area (Å²) >= 11 is 0. The van der Waals surface area contributed by atoms with Crippen molar-refractivity contribution in [2.24, 2.45) is 0 Å². The summed E-state index contributed by atoms with van der Waals surface area (Å²) in [5, 5.41) is 3.04. The minimum Gasteiger partial charge on any atom is -0.357 e. The Bertz CT molecular complexity index is 462. The zero-order valence-corrected chi connectivity index (χ0v) is 13.3. The highest BCUT2D eigenvalue weighted by molar-refractivity contribution is 5.49. The molecule has 0 spiro atoms. The average Bonchev–Trinajstić information content (AvgIpc) is 2.56. The van der Waals surface area contributed by atoms with Crippen molar-refractivity contribution in [2.45, 2.75) is 45.1 Å². The van der Waals surface area contributed by atoms with E-state index in [0.29, 0.717) is 5.95 Å². The van der Waals surface area contributed by atoms with Crippen molar-refractivity contribution in [2.75, 3.05) is 43.4 Å². The Balaban J connectivity index is 1.62. The van der Waals surface area contributed by atoms with Crippen LogP contribution >= 0.6 is 0 Å². The lowest BCUT2D eigenvalue weighted by atomic mass is 10.00. The molecular weight excluding hydrogens is 262 g/mol. The van der Waals surface area contributed by atoms with Gasteiger partial charge in [-0.1, -0.05) is 6.42 Å². The van der Waals surface area contributed by atoms with Crippen LogP contribution < -0.4 is 10.2 Å². The van der Waals surface area contributed by atoms with Crippen LogP contribution in [0.2, 0.25) is 0 Å². The molecule has 2 saturated heterocycles. The van der Waals surface area contributed by atoms with E-state index in [-0.39, 0.29) is 0 Å².